The van der Waals surface area contributed by atoms with Gasteiger partial charge in [-0.05, 0) is 69.1 Å². The Bertz CT molecular complexity index is 821. The van der Waals surface area contributed by atoms with Gasteiger partial charge in [-0.25, -0.2) is 0 Å². The molecule has 0 bridgehead atoms. The number of aromatic amines is 1. The second kappa shape index (κ2) is 9.38. The lowest BCUT2D eigenvalue weighted by atomic mass is 9.80. The van der Waals surface area contributed by atoms with Gasteiger partial charge in [-0.3, -0.25) is 4.79 Å². The highest BCUT2D eigenvalue weighted by Crippen LogP contribution is 2.32. The van der Waals surface area contributed by atoms with Crippen molar-refractivity contribution >= 4 is 17.7 Å². The molecule has 3 N–H and O–H groups in total. The second-order valence-corrected chi connectivity index (χ2v) is 9.84. The Morgan fingerprint density at radius 3 is 2.83 bits per heavy atom. The molecule has 3 heterocycles. The highest BCUT2D eigenvalue weighted by atomic mass is 16.3. The van der Waals surface area contributed by atoms with Crippen molar-refractivity contribution in [1.82, 2.24) is 15.3 Å². The van der Waals surface area contributed by atoms with Gasteiger partial charge in [0, 0.05) is 30.4 Å². The molecule has 2 atom stereocenters. The zero-order chi connectivity index (χ0) is 21.9. The molecule has 2 aliphatic rings. The number of hydrogen-bond donors (Lipinski definition) is 3. The van der Waals surface area contributed by atoms with Gasteiger partial charge in [-0.1, -0.05) is 20.8 Å². The van der Waals surface area contributed by atoms with Crippen LogP contribution in [0.1, 0.15) is 76.8 Å². The van der Waals surface area contributed by atoms with Crippen LogP contribution in [0.5, 0.6) is 0 Å². The summed E-state index contributed by atoms with van der Waals surface area (Å²) in [7, 11) is 0. The topological polar surface area (TPSA) is 80.7 Å². The van der Waals surface area contributed by atoms with E-state index in [-0.39, 0.29) is 18.4 Å². The lowest BCUT2D eigenvalue weighted by molar-refractivity contribution is -0.130. The van der Waals surface area contributed by atoms with E-state index in [4.69, 9.17) is 5.10 Å². The van der Waals surface area contributed by atoms with Crippen molar-refractivity contribution in [1.29, 1.82) is 0 Å². The van der Waals surface area contributed by atoms with E-state index in [0.717, 1.165) is 47.7 Å². The number of hydrogen-bond acceptors (Lipinski definition) is 4. The van der Waals surface area contributed by atoms with Gasteiger partial charge in [-0.15, -0.1) is 0 Å². The lowest BCUT2D eigenvalue weighted by Crippen LogP contribution is -2.26. The largest absolute Gasteiger partial charge is 0.396 e. The average molecular weight is 415 g/mol. The summed E-state index contributed by atoms with van der Waals surface area (Å²) in [6, 6.07) is 2.16. The fourth-order valence-electron chi connectivity index (χ4n) is 4.50. The summed E-state index contributed by atoms with van der Waals surface area (Å²) >= 11 is 0. The molecule has 166 valence electrons. The van der Waals surface area contributed by atoms with E-state index in [2.05, 4.69) is 44.2 Å². The SMILES string of the molecule is C/C(=C\c1[nH]c(/C2=N/NCCCC(C)(C)CCC2C)cc1C)N1CCC(CO)C1=O. The Balaban J connectivity index is 1.82. The van der Waals surface area contributed by atoms with Crippen molar-refractivity contribution < 1.29 is 9.90 Å². The molecule has 6 nitrogen and oxygen atoms in total. The van der Waals surface area contributed by atoms with Gasteiger partial charge < -0.3 is 20.4 Å². The monoisotopic (exact) mass is 414 g/mol. The lowest BCUT2D eigenvalue weighted by Gasteiger charge is -2.27. The van der Waals surface area contributed by atoms with Crippen molar-refractivity contribution in [3.63, 3.8) is 0 Å². The molecule has 1 fully saturated rings. The minimum absolute atomic E-state index is 0.0211. The maximum Gasteiger partial charge on any atom is 0.232 e. The van der Waals surface area contributed by atoms with Crippen LogP contribution in [0, 0.1) is 24.2 Å². The van der Waals surface area contributed by atoms with E-state index in [9.17, 15) is 9.90 Å². The number of nitrogens with zero attached hydrogens (tertiary/aromatic N) is 2. The highest BCUT2D eigenvalue weighted by Gasteiger charge is 2.32. The van der Waals surface area contributed by atoms with Crippen LogP contribution in [0.2, 0.25) is 0 Å². The molecule has 0 radical (unpaired) electrons. The molecular formula is C24H38N4O2. The molecule has 0 aliphatic carbocycles. The predicted octanol–water partition coefficient (Wildman–Crippen LogP) is 4.05. The van der Waals surface area contributed by atoms with Gasteiger partial charge in [0.25, 0.3) is 0 Å². The molecule has 0 aromatic carbocycles. The van der Waals surface area contributed by atoms with Crippen LogP contribution >= 0.6 is 0 Å². The van der Waals surface area contributed by atoms with Crippen molar-refractivity contribution in [3.8, 4) is 0 Å². The Morgan fingerprint density at radius 2 is 2.13 bits per heavy atom. The molecule has 0 spiro atoms. The highest BCUT2D eigenvalue weighted by molar-refractivity contribution is 6.01. The van der Waals surface area contributed by atoms with E-state index < -0.39 is 0 Å². The van der Waals surface area contributed by atoms with Crippen LogP contribution in [0.15, 0.2) is 16.9 Å². The number of aliphatic hydroxyl groups excluding tert-OH is 1. The number of carbonyl (C=O) groups is 1. The molecule has 1 aromatic heterocycles. The predicted molar refractivity (Wildman–Crippen MR) is 122 cm³/mol. The number of hydrazone groups is 1. The molecule has 1 aromatic rings. The molecule has 0 saturated carbocycles. The first-order chi connectivity index (χ1) is 14.2. The summed E-state index contributed by atoms with van der Waals surface area (Å²) in [5.41, 5.74) is 8.83. The maximum atomic E-state index is 12.4. The summed E-state index contributed by atoms with van der Waals surface area (Å²) in [6.07, 6.45) is 7.42. The quantitative estimate of drug-likeness (QED) is 0.695. The van der Waals surface area contributed by atoms with Crippen molar-refractivity contribution in [2.24, 2.45) is 22.4 Å². The van der Waals surface area contributed by atoms with Crippen LogP contribution < -0.4 is 5.43 Å². The number of allylic oxidation sites excluding steroid dienone is 1. The first kappa shape index (κ1) is 22.6. The number of rotatable bonds is 4. The van der Waals surface area contributed by atoms with Gasteiger partial charge in [0.2, 0.25) is 5.91 Å². The van der Waals surface area contributed by atoms with Crippen LogP contribution in [0.3, 0.4) is 0 Å². The van der Waals surface area contributed by atoms with Crippen LogP contribution in [-0.4, -0.2) is 46.3 Å². The number of aliphatic hydroxyl groups is 1. The maximum absolute atomic E-state index is 12.4. The number of nitrogens with one attached hydrogen (secondary N) is 2. The summed E-state index contributed by atoms with van der Waals surface area (Å²) < 4.78 is 0. The van der Waals surface area contributed by atoms with Crippen molar-refractivity contribution in [2.45, 2.75) is 66.7 Å². The second-order valence-electron chi connectivity index (χ2n) is 9.84. The number of aryl methyl sites for hydroxylation is 1. The van der Waals surface area contributed by atoms with Gasteiger partial charge >= 0.3 is 0 Å². The van der Waals surface area contributed by atoms with Crippen molar-refractivity contribution in [2.75, 3.05) is 19.7 Å². The molecule has 2 aliphatic heterocycles. The molecule has 1 amide bonds. The summed E-state index contributed by atoms with van der Waals surface area (Å²) in [5.74, 6) is 0.117. The minimum atomic E-state index is -0.262. The molecule has 30 heavy (non-hydrogen) atoms. The van der Waals surface area contributed by atoms with Gasteiger partial charge in [-0.2, -0.15) is 5.10 Å². The van der Waals surface area contributed by atoms with E-state index in [0.29, 0.717) is 24.3 Å². The van der Waals surface area contributed by atoms with Crippen LogP contribution in [-0.2, 0) is 4.79 Å². The summed E-state index contributed by atoms with van der Waals surface area (Å²) in [4.78, 5) is 17.8. The van der Waals surface area contributed by atoms with Crippen LogP contribution in [0.4, 0.5) is 0 Å². The smallest absolute Gasteiger partial charge is 0.232 e. The average Bonchev–Trinajstić information content (AvgIpc) is 3.24. The van der Waals surface area contributed by atoms with E-state index in [1.165, 1.54) is 12.8 Å². The normalized spacial score (nSPS) is 27.5. The molecule has 6 heteroatoms. The number of likely N-dealkylation sites (tertiary alicyclic amines) is 1. The minimum Gasteiger partial charge on any atom is -0.396 e. The Kier molecular flexibility index (Phi) is 7.06. The Labute approximate surface area is 180 Å². The third-order valence-corrected chi connectivity index (χ3v) is 6.71. The number of aromatic nitrogens is 1. The number of amides is 1. The fourth-order valence-corrected chi connectivity index (χ4v) is 4.50. The third-order valence-electron chi connectivity index (χ3n) is 6.71. The summed E-state index contributed by atoms with van der Waals surface area (Å²) in [6.45, 7) is 12.5. The van der Waals surface area contributed by atoms with E-state index >= 15 is 0 Å². The molecule has 2 unspecified atom stereocenters. The van der Waals surface area contributed by atoms with Gasteiger partial charge in [0.1, 0.15) is 0 Å². The number of carbonyl (C=O) groups excluding carboxylic acids is 1. The summed E-state index contributed by atoms with van der Waals surface area (Å²) in [5, 5.41) is 14.1. The fraction of sp³-hybridized carbons (Fsp3) is 0.667. The first-order valence-electron chi connectivity index (χ1n) is 11.3. The molecule has 3 rings (SSSR count). The molecule has 1 saturated heterocycles. The third kappa shape index (κ3) is 5.15. The Morgan fingerprint density at radius 1 is 1.37 bits per heavy atom. The number of H-pyrrole nitrogens is 1. The van der Waals surface area contributed by atoms with E-state index in [1.54, 1.807) is 4.90 Å². The van der Waals surface area contributed by atoms with E-state index in [1.807, 2.05) is 13.0 Å². The first-order valence-corrected chi connectivity index (χ1v) is 11.3. The zero-order valence-electron chi connectivity index (χ0n) is 19.2. The van der Waals surface area contributed by atoms with Gasteiger partial charge in [0.15, 0.2) is 0 Å². The Hall–Kier alpha value is -2.08. The molecular weight excluding hydrogens is 376 g/mol. The van der Waals surface area contributed by atoms with Crippen LogP contribution in [0.25, 0.3) is 6.08 Å². The van der Waals surface area contributed by atoms with Crippen molar-refractivity contribution in [3.05, 3.63) is 28.7 Å². The zero-order valence-corrected chi connectivity index (χ0v) is 19.2. The van der Waals surface area contributed by atoms with Gasteiger partial charge in [0.05, 0.1) is 23.9 Å². The standard InChI is InChI=1S/C24H38N4O2/c1-16-7-10-24(4,5)9-6-11-25-27-22(16)21-13-17(2)20(26-21)14-18(3)28-12-8-19(15-29)23(28)30/h13-14,16,19,25-26,29H,6-12,15H2,1-5H3/b18-14+,27-22+.